The fraction of sp³-hybridized carbons (Fsp3) is 0.385. The molecule has 1 aliphatic heterocycles. The van der Waals surface area contributed by atoms with Gasteiger partial charge in [0.2, 0.25) is 0 Å². The molecule has 4 heteroatoms. The molecule has 1 saturated heterocycles. The quantitative estimate of drug-likeness (QED) is 0.747. The first-order chi connectivity index (χ1) is 8.27. The molecule has 1 aliphatic carbocycles. The number of hydrogen-bond acceptors (Lipinski definition) is 2. The highest BCUT2D eigenvalue weighted by molar-refractivity contribution is 7.80. The summed E-state index contributed by atoms with van der Waals surface area (Å²) in [6.07, 6.45) is 3.42. The summed E-state index contributed by atoms with van der Waals surface area (Å²) in [7, 11) is 0. The van der Waals surface area contributed by atoms with Gasteiger partial charge in [-0.05, 0) is 37.2 Å². The molecule has 2 aliphatic rings. The van der Waals surface area contributed by atoms with E-state index >= 15 is 0 Å². The van der Waals surface area contributed by atoms with E-state index in [-0.39, 0.29) is 0 Å². The molecule has 2 fully saturated rings. The molecule has 3 nitrogen and oxygen atoms in total. The van der Waals surface area contributed by atoms with Crippen LogP contribution in [0.4, 0.5) is 5.69 Å². The zero-order chi connectivity index (χ0) is 11.8. The molecule has 88 valence electrons. The summed E-state index contributed by atoms with van der Waals surface area (Å²) in [6, 6.07) is 10.3. The van der Waals surface area contributed by atoms with E-state index in [9.17, 15) is 0 Å². The number of nitrogens with zero attached hydrogens (tertiary/aromatic N) is 1. The van der Waals surface area contributed by atoms with Crippen molar-refractivity contribution >= 4 is 28.9 Å². The first-order valence-corrected chi connectivity index (χ1v) is 6.42. The Morgan fingerprint density at radius 1 is 1.24 bits per heavy atom. The van der Waals surface area contributed by atoms with Crippen LogP contribution in [0, 0.1) is 11.3 Å². The van der Waals surface area contributed by atoms with Gasteiger partial charge in [0, 0.05) is 17.6 Å². The minimum absolute atomic E-state index is 0.321. The molecule has 2 atom stereocenters. The molecule has 0 aromatic heterocycles. The van der Waals surface area contributed by atoms with Crippen LogP contribution < -0.4 is 10.2 Å². The average molecular weight is 245 g/mol. The van der Waals surface area contributed by atoms with Gasteiger partial charge in [0.15, 0.2) is 5.11 Å². The highest BCUT2D eigenvalue weighted by atomic mass is 32.1. The predicted molar refractivity (Wildman–Crippen MR) is 73.5 cm³/mol. The molecular weight excluding hydrogens is 230 g/mol. The van der Waals surface area contributed by atoms with E-state index in [0.717, 1.165) is 18.5 Å². The number of thiocarbonyl (C=S) groups is 1. The maximum absolute atomic E-state index is 8.34. The van der Waals surface area contributed by atoms with E-state index in [1.807, 2.05) is 35.2 Å². The molecule has 0 amide bonds. The van der Waals surface area contributed by atoms with Crippen LogP contribution in [-0.2, 0) is 0 Å². The van der Waals surface area contributed by atoms with Gasteiger partial charge in [0.25, 0.3) is 0 Å². The van der Waals surface area contributed by atoms with E-state index in [1.54, 1.807) is 0 Å². The Morgan fingerprint density at radius 2 is 2.00 bits per heavy atom. The maximum atomic E-state index is 8.34. The second-order valence-electron chi connectivity index (χ2n) is 4.65. The Morgan fingerprint density at radius 3 is 2.76 bits per heavy atom. The highest BCUT2D eigenvalue weighted by Gasteiger charge is 2.39. The first kappa shape index (κ1) is 10.7. The van der Waals surface area contributed by atoms with Gasteiger partial charge in [-0.3, -0.25) is 10.3 Å². The molecular formula is C13H15N3S. The first-order valence-electron chi connectivity index (χ1n) is 6.01. The summed E-state index contributed by atoms with van der Waals surface area (Å²) in [4.78, 5) is 1.86. The summed E-state index contributed by atoms with van der Waals surface area (Å²) in [6.45, 7) is 0. The molecule has 1 aromatic carbocycles. The molecule has 0 spiro atoms. The molecule has 3 rings (SSSR count). The molecule has 0 bridgehead atoms. The Balaban J connectivity index is 1.94. The zero-order valence-electron chi connectivity index (χ0n) is 9.52. The SMILES string of the molecule is N=C1[C@@H]2CCC[C@@H]2NC(=S)N1c1ccccc1. The summed E-state index contributed by atoms with van der Waals surface area (Å²) in [5, 5.41) is 12.4. The Kier molecular flexibility index (Phi) is 2.59. The van der Waals surface area contributed by atoms with Gasteiger partial charge in [-0.15, -0.1) is 0 Å². The lowest BCUT2D eigenvalue weighted by Gasteiger charge is -2.38. The Labute approximate surface area is 106 Å². The third-order valence-electron chi connectivity index (χ3n) is 3.63. The number of anilines is 1. The molecule has 0 unspecified atom stereocenters. The van der Waals surface area contributed by atoms with Crippen LogP contribution in [-0.4, -0.2) is 17.0 Å². The second kappa shape index (κ2) is 4.11. The number of benzene rings is 1. The Hall–Kier alpha value is -1.42. The summed E-state index contributed by atoms with van der Waals surface area (Å²) >= 11 is 5.38. The van der Waals surface area contributed by atoms with Crippen molar-refractivity contribution in [2.45, 2.75) is 25.3 Å². The van der Waals surface area contributed by atoms with Crippen molar-refractivity contribution in [1.82, 2.24) is 5.32 Å². The lowest BCUT2D eigenvalue weighted by atomic mass is 9.99. The molecule has 17 heavy (non-hydrogen) atoms. The smallest absolute Gasteiger partial charge is 0.179 e. The van der Waals surface area contributed by atoms with Crippen LogP contribution in [0.25, 0.3) is 0 Å². The molecule has 1 heterocycles. The number of fused-ring (bicyclic) bond motifs is 1. The van der Waals surface area contributed by atoms with Crippen molar-refractivity contribution in [2.24, 2.45) is 5.92 Å². The molecule has 1 aromatic rings. The monoisotopic (exact) mass is 245 g/mol. The summed E-state index contributed by atoms with van der Waals surface area (Å²) in [5.41, 5.74) is 0.986. The van der Waals surface area contributed by atoms with Gasteiger partial charge < -0.3 is 5.32 Å². The van der Waals surface area contributed by atoms with Crippen LogP contribution in [0.2, 0.25) is 0 Å². The van der Waals surface area contributed by atoms with E-state index in [4.69, 9.17) is 17.6 Å². The third kappa shape index (κ3) is 1.72. The Bertz CT molecular complexity index is 457. The summed E-state index contributed by atoms with van der Waals surface area (Å²) in [5.74, 6) is 0.976. The minimum Gasteiger partial charge on any atom is -0.358 e. The van der Waals surface area contributed by atoms with E-state index in [1.165, 1.54) is 6.42 Å². The number of amidine groups is 1. The van der Waals surface area contributed by atoms with Crippen molar-refractivity contribution in [3.05, 3.63) is 30.3 Å². The van der Waals surface area contributed by atoms with Crippen LogP contribution in [0.5, 0.6) is 0 Å². The summed E-state index contributed by atoms with van der Waals surface area (Å²) < 4.78 is 0. The standard InChI is InChI=1S/C13H15N3S/c14-12-10-7-4-8-11(10)15-13(17)16(12)9-5-2-1-3-6-9/h1-3,5-6,10-11,14H,4,7-8H2,(H,15,17)/t10-,11+/m1/s1. The van der Waals surface area contributed by atoms with Gasteiger partial charge in [-0.2, -0.15) is 0 Å². The van der Waals surface area contributed by atoms with Crippen molar-refractivity contribution in [2.75, 3.05) is 4.90 Å². The van der Waals surface area contributed by atoms with E-state index in [0.29, 0.717) is 22.9 Å². The van der Waals surface area contributed by atoms with Crippen LogP contribution >= 0.6 is 12.2 Å². The molecule has 2 N–H and O–H groups in total. The van der Waals surface area contributed by atoms with Gasteiger partial charge in [0.05, 0.1) is 0 Å². The maximum Gasteiger partial charge on any atom is 0.179 e. The fourth-order valence-electron chi connectivity index (χ4n) is 2.79. The van der Waals surface area contributed by atoms with Gasteiger partial charge in [-0.25, -0.2) is 0 Å². The van der Waals surface area contributed by atoms with Gasteiger partial charge in [0.1, 0.15) is 5.84 Å². The topological polar surface area (TPSA) is 39.1 Å². The minimum atomic E-state index is 0.321. The number of hydrogen-bond donors (Lipinski definition) is 2. The lowest BCUT2D eigenvalue weighted by molar-refractivity contribution is 0.537. The second-order valence-corrected chi connectivity index (χ2v) is 5.04. The fourth-order valence-corrected chi connectivity index (χ4v) is 3.15. The number of rotatable bonds is 1. The average Bonchev–Trinajstić information content (AvgIpc) is 2.78. The lowest BCUT2D eigenvalue weighted by Crippen LogP contribution is -2.58. The van der Waals surface area contributed by atoms with Gasteiger partial charge in [-0.1, -0.05) is 24.6 Å². The van der Waals surface area contributed by atoms with Gasteiger partial charge >= 0.3 is 0 Å². The van der Waals surface area contributed by atoms with E-state index in [2.05, 4.69) is 5.32 Å². The normalized spacial score (nSPS) is 27.9. The van der Waals surface area contributed by atoms with Crippen molar-refractivity contribution in [3.63, 3.8) is 0 Å². The number of nitrogens with one attached hydrogen (secondary N) is 2. The largest absolute Gasteiger partial charge is 0.358 e. The molecule has 1 saturated carbocycles. The van der Waals surface area contributed by atoms with Crippen molar-refractivity contribution in [3.8, 4) is 0 Å². The third-order valence-corrected chi connectivity index (χ3v) is 3.93. The number of para-hydroxylation sites is 1. The predicted octanol–water partition coefficient (Wildman–Crippen LogP) is 2.53. The van der Waals surface area contributed by atoms with Crippen molar-refractivity contribution in [1.29, 1.82) is 5.41 Å². The van der Waals surface area contributed by atoms with Crippen LogP contribution in [0.3, 0.4) is 0 Å². The molecule has 0 radical (unpaired) electrons. The highest BCUT2D eigenvalue weighted by Crippen LogP contribution is 2.32. The zero-order valence-corrected chi connectivity index (χ0v) is 10.3. The van der Waals surface area contributed by atoms with Crippen LogP contribution in [0.1, 0.15) is 19.3 Å². The van der Waals surface area contributed by atoms with E-state index < -0.39 is 0 Å². The van der Waals surface area contributed by atoms with Crippen LogP contribution in [0.15, 0.2) is 30.3 Å². The van der Waals surface area contributed by atoms with Crippen molar-refractivity contribution < 1.29 is 0 Å².